The van der Waals surface area contributed by atoms with Crippen LogP contribution < -0.4 is 0 Å². The van der Waals surface area contributed by atoms with Gasteiger partial charge in [-0.3, -0.25) is 9.69 Å². The van der Waals surface area contributed by atoms with Gasteiger partial charge < -0.3 is 15.0 Å². The molecule has 0 radical (unpaired) electrons. The minimum Gasteiger partial charge on any atom is -0.480 e. The standard InChI is InChI=1S/C18H28N4O3S/c1-12(2)7-15(18(24)25)22(11-23)16-8-13-14(20-10-19-13)9-21(16)17-5-3-4-6-26-17/h10-12,15-17H,3-9H2,1-2H3,(H,19,20)(H,24,25)/t15-,16+,17?/m0/s1. The molecule has 0 bridgehead atoms. The summed E-state index contributed by atoms with van der Waals surface area (Å²) in [6.07, 6.45) is 6.62. The molecule has 1 aromatic rings. The Labute approximate surface area is 158 Å². The van der Waals surface area contributed by atoms with E-state index in [1.807, 2.05) is 25.6 Å². The molecule has 2 aliphatic rings. The number of aromatic nitrogens is 2. The molecule has 1 amide bonds. The first-order valence-electron chi connectivity index (χ1n) is 9.35. The summed E-state index contributed by atoms with van der Waals surface area (Å²) in [5.74, 6) is 0.370. The van der Waals surface area contributed by atoms with E-state index in [4.69, 9.17) is 0 Å². The minimum atomic E-state index is -0.935. The van der Waals surface area contributed by atoms with Crippen LogP contribution in [0.4, 0.5) is 0 Å². The smallest absolute Gasteiger partial charge is 0.326 e. The molecule has 7 nitrogen and oxygen atoms in total. The monoisotopic (exact) mass is 380 g/mol. The van der Waals surface area contributed by atoms with Crippen LogP contribution in [0.25, 0.3) is 0 Å². The summed E-state index contributed by atoms with van der Waals surface area (Å²) in [6.45, 7) is 4.65. The quantitative estimate of drug-likeness (QED) is 0.706. The number of carbonyl (C=O) groups excluding carboxylic acids is 1. The SMILES string of the molecule is CC(C)C[C@@H](C(=O)O)N(C=O)[C@@H]1Cc2nc[nH]c2CN1C1CCCCS1. The van der Waals surface area contributed by atoms with Gasteiger partial charge in [-0.05, 0) is 30.9 Å². The number of thioether (sulfide) groups is 1. The summed E-state index contributed by atoms with van der Waals surface area (Å²) in [5, 5.41) is 10.1. The Morgan fingerprint density at radius 3 is 2.96 bits per heavy atom. The molecule has 8 heteroatoms. The molecule has 1 saturated heterocycles. The number of fused-ring (bicyclic) bond motifs is 1. The number of carbonyl (C=O) groups is 2. The molecule has 2 N–H and O–H groups in total. The lowest BCUT2D eigenvalue weighted by molar-refractivity contribution is -0.153. The maximum atomic E-state index is 12.0. The summed E-state index contributed by atoms with van der Waals surface area (Å²) < 4.78 is 0. The second-order valence-electron chi connectivity index (χ2n) is 7.54. The van der Waals surface area contributed by atoms with Crippen LogP contribution in [0.2, 0.25) is 0 Å². The highest BCUT2D eigenvalue weighted by atomic mass is 32.2. The fourth-order valence-electron chi connectivity index (χ4n) is 3.94. The van der Waals surface area contributed by atoms with E-state index in [9.17, 15) is 14.7 Å². The largest absolute Gasteiger partial charge is 0.480 e. The predicted octanol–water partition coefficient (Wildman–Crippen LogP) is 2.29. The number of hydrogen-bond acceptors (Lipinski definition) is 5. The number of amides is 1. The summed E-state index contributed by atoms with van der Waals surface area (Å²) in [6, 6.07) is -0.811. The van der Waals surface area contributed by atoms with Gasteiger partial charge in [0.25, 0.3) is 0 Å². The van der Waals surface area contributed by atoms with Crippen LogP contribution in [0.15, 0.2) is 6.33 Å². The number of rotatable bonds is 7. The first-order chi connectivity index (χ1) is 12.5. The number of aliphatic carboxylic acids is 1. The molecular weight excluding hydrogens is 352 g/mol. The first-order valence-corrected chi connectivity index (χ1v) is 10.4. The molecule has 1 fully saturated rings. The highest BCUT2D eigenvalue weighted by Gasteiger charge is 2.40. The Balaban J connectivity index is 1.90. The topological polar surface area (TPSA) is 89.5 Å². The van der Waals surface area contributed by atoms with Crippen molar-refractivity contribution >= 4 is 24.1 Å². The van der Waals surface area contributed by atoms with Crippen molar-refractivity contribution in [3.8, 4) is 0 Å². The van der Waals surface area contributed by atoms with Crippen LogP contribution in [-0.2, 0) is 22.6 Å². The lowest BCUT2D eigenvalue weighted by Crippen LogP contribution is -2.59. The van der Waals surface area contributed by atoms with E-state index in [0.29, 0.717) is 24.8 Å². The highest BCUT2D eigenvalue weighted by Crippen LogP contribution is 2.35. The van der Waals surface area contributed by atoms with Gasteiger partial charge >= 0.3 is 5.97 Å². The number of aromatic amines is 1. The molecule has 0 aliphatic carbocycles. The van der Waals surface area contributed by atoms with Crippen molar-refractivity contribution in [1.29, 1.82) is 0 Å². The van der Waals surface area contributed by atoms with Crippen molar-refractivity contribution < 1.29 is 14.7 Å². The summed E-state index contributed by atoms with van der Waals surface area (Å²) >= 11 is 1.91. The number of nitrogens with one attached hydrogen (secondary N) is 1. The Kier molecular flexibility index (Phi) is 6.24. The molecule has 0 spiro atoms. The van der Waals surface area contributed by atoms with E-state index < -0.39 is 12.0 Å². The Bertz CT molecular complexity index is 630. The molecule has 144 valence electrons. The lowest BCUT2D eigenvalue weighted by atomic mass is 9.99. The fourth-order valence-corrected chi connectivity index (χ4v) is 5.33. The van der Waals surface area contributed by atoms with Gasteiger partial charge in [-0.1, -0.05) is 20.3 Å². The minimum absolute atomic E-state index is 0.195. The molecular formula is C18H28N4O3S. The van der Waals surface area contributed by atoms with Gasteiger partial charge in [0.2, 0.25) is 6.41 Å². The normalized spacial score (nSPS) is 24.9. The van der Waals surface area contributed by atoms with Crippen LogP contribution in [0, 0.1) is 5.92 Å². The molecule has 1 aromatic heterocycles. The van der Waals surface area contributed by atoms with E-state index >= 15 is 0 Å². The maximum Gasteiger partial charge on any atom is 0.326 e. The van der Waals surface area contributed by atoms with Crippen LogP contribution in [0.1, 0.15) is 50.9 Å². The van der Waals surface area contributed by atoms with Crippen molar-refractivity contribution in [1.82, 2.24) is 19.8 Å². The van der Waals surface area contributed by atoms with Crippen molar-refractivity contribution in [2.45, 2.75) is 70.1 Å². The van der Waals surface area contributed by atoms with Gasteiger partial charge in [0.15, 0.2) is 0 Å². The summed E-state index contributed by atoms with van der Waals surface area (Å²) in [4.78, 5) is 35.3. The number of carboxylic acids is 1. The van der Waals surface area contributed by atoms with Gasteiger partial charge in [0.05, 0.1) is 29.3 Å². The van der Waals surface area contributed by atoms with Crippen LogP contribution >= 0.6 is 11.8 Å². The molecule has 3 heterocycles. The average molecular weight is 381 g/mol. The van der Waals surface area contributed by atoms with Gasteiger partial charge in [0, 0.05) is 13.0 Å². The van der Waals surface area contributed by atoms with Gasteiger partial charge in [-0.15, -0.1) is 11.8 Å². The van der Waals surface area contributed by atoms with Crippen molar-refractivity contribution in [2.24, 2.45) is 5.92 Å². The van der Waals surface area contributed by atoms with Crippen LogP contribution in [-0.4, -0.2) is 60.6 Å². The van der Waals surface area contributed by atoms with Crippen LogP contribution in [0.5, 0.6) is 0 Å². The van der Waals surface area contributed by atoms with Crippen molar-refractivity contribution in [2.75, 3.05) is 5.75 Å². The average Bonchev–Trinajstić information content (AvgIpc) is 3.08. The third-order valence-electron chi connectivity index (χ3n) is 5.24. The molecule has 1 unspecified atom stereocenters. The molecule has 3 rings (SSSR count). The first kappa shape index (κ1) is 19.2. The summed E-state index contributed by atoms with van der Waals surface area (Å²) in [5.41, 5.74) is 2.02. The second kappa shape index (κ2) is 8.43. The number of hydrogen-bond donors (Lipinski definition) is 2. The number of nitrogens with zero attached hydrogens (tertiary/aromatic N) is 3. The zero-order chi connectivity index (χ0) is 18.7. The zero-order valence-electron chi connectivity index (χ0n) is 15.4. The summed E-state index contributed by atoms with van der Waals surface area (Å²) in [7, 11) is 0. The fraction of sp³-hybridized carbons (Fsp3) is 0.722. The van der Waals surface area contributed by atoms with E-state index in [2.05, 4.69) is 14.9 Å². The molecule has 3 atom stereocenters. The highest BCUT2D eigenvalue weighted by molar-refractivity contribution is 7.99. The molecule has 0 saturated carbocycles. The number of H-pyrrole nitrogens is 1. The van der Waals surface area contributed by atoms with E-state index in [-0.39, 0.29) is 12.1 Å². The van der Waals surface area contributed by atoms with Gasteiger partial charge in [-0.2, -0.15) is 0 Å². The van der Waals surface area contributed by atoms with E-state index in [1.165, 1.54) is 17.7 Å². The van der Waals surface area contributed by atoms with Gasteiger partial charge in [0.1, 0.15) is 6.04 Å². The number of imidazole rings is 1. The molecule has 2 aliphatic heterocycles. The third kappa shape index (κ3) is 4.06. The Morgan fingerprint density at radius 2 is 2.35 bits per heavy atom. The molecule has 26 heavy (non-hydrogen) atoms. The Hall–Kier alpha value is -1.54. The van der Waals surface area contributed by atoms with Crippen LogP contribution in [0.3, 0.4) is 0 Å². The molecule has 0 aromatic carbocycles. The van der Waals surface area contributed by atoms with E-state index in [0.717, 1.165) is 30.0 Å². The third-order valence-corrected chi connectivity index (χ3v) is 6.65. The van der Waals surface area contributed by atoms with Crippen molar-refractivity contribution in [3.63, 3.8) is 0 Å². The zero-order valence-corrected chi connectivity index (χ0v) is 16.2. The Morgan fingerprint density at radius 1 is 1.54 bits per heavy atom. The second-order valence-corrected chi connectivity index (χ2v) is 8.83. The maximum absolute atomic E-state index is 12.0. The van der Waals surface area contributed by atoms with E-state index in [1.54, 1.807) is 6.33 Å². The predicted molar refractivity (Wildman–Crippen MR) is 101 cm³/mol. The lowest BCUT2D eigenvalue weighted by Gasteiger charge is -2.46. The van der Waals surface area contributed by atoms with Gasteiger partial charge in [-0.25, -0.2) is 9.78 Å². The van der Waals surface area contributed by atoms with Crippen molar-refractivity contribution in [3.05, 3.63) is 17.7 Å². The number of carboxylic acid groups (broad SMARTS) is 1.